The zero-order valence-electron chi connectivity index (χ0n) is 21.9. The summed E-state index contributed by atoms with van der Waals surface area (Å²) in [6.45, 7) is 20.5. The Hall–Kier alpha value is -0.300. The molecule has 0 aromatic heterocycles. The summed E-state index contributed by atoms with van der Waals surface area (Å²) in [5, 5.41) is 10.9. The van der Waals surface area contributed by atoms with E-state index in [1.54, 1.807) is 0 Å². The summed E-state index contributed by atoms with van der Waals surface area (Å²) in [5.41, 5.74) is 3.60. The third kappa shape index (κ3) is 2.65. The molecule has 5 aliphatic rings. The molecule has 0 spiro atoms. The first-order chi connectivity index (χ1) is 14.3. The lowest BCUT2D eigenvalue weighted by molar-refractivity contribution is -0.203. The lowest BCUT2D eigenvalue weighted by Gasteiger charge is -2.71. The van der Waals surface area contributed by atoms with Crippen molar-refractivity contribution in [1.29, 1.82) is 0 Å². The van der Waals surface area contributed by atoms with E-state index in [0.717, 1.165) is 30.1 Å². The fraction of sp³-hybridized carbons (Fsp3) is 0.933. The molecule has 1 nitrogen and oxygen atoms in total. The monoisotopic (exact) mass is 426 g/mol. The largest absolute Gasteiger partial charge is 0.393 e. The Morgan fingerprint density at radius 1 is 0.806 bits per heavy atom. The molecule has 0 bridgehead atoms. The van der Waals surface area contributed by atoms with Crippen LogP contribution in [0.25, 0.3) is 0 Å². The quantitative estimate of drug-likeness (QED) is 0.389. The fourth-order valence-corrected chi connectivity index (χ4v) is 10.8. The minimum atomic E-state index is -0.125. The molecule has 31 heavy (non-hydrogen) atoms. The van der Waals surface area contributed by atoms with Gasteiger partial charge in [0.1, 0.15) is 0 Å². The lowest BCUT2D eigenvalue weighted by Crippen LogP contribution is -2.64. The molecule has 0 amide bonds. The summed E-state index contributed by atoms with van der Waals surface area (Å²) < 4.78 is 0. The van der Waals surface area contributed by atoms with Crippen LogP contribution in [0, 0.1) is 56.7 Å². The summed E-state index contributed by atoms with van der Waals surface area (Å²) >= 11 is 0. The first-order valence-corrected chi connectivity index (χ1v) is 13.7. The van der Waals surface area contributed by atoms with Crippen LogP contribution in [0.1, 0.15) is 113 Å². The molecule has 0 saturated heterocycles. The van der Waals surface area contributed by atoms with E-state index in [0.29, 0.717) is 27.6 Å². The number of fused-ring (bicyclic) bond motifs is 7. The van der Waals surface area contributed by atoms with Gasteiger partial charge in [0.15, 0.2) is 0 Å². The van der Waals surface area contributed by atoms with Crippen molar-refractivity contribution in [2.75, 3.05) is 0 Å². The van der Waals surface area contributed by atoms with Gasteiger partial charge in [0.05, 0.1) is 6.10 Å². The topological polar surface area (TPSA) is 20.2 Å². The van der Waals surface area contributed by atoms with Gasteiger partial charge >= 0.3 is 0 Å². The van der Waals surface area contributed by atoms with E-state index < -0.39 is 0 Å². The Balaban J connectivity index is 1.59. The second-order valence-corrected chi connectivity index (χ2v) is 14.7. The number of rotatable bonds is 0. The molecule has 5 rings (SSSR count). The van der Waals surface area contributed by atoms with E-state index in [2.05, 4.69) is 61.5 Å². The summed E-state index contributed by atoms with van der Waals surface area (Å²) in [6, 6.07) is 0. The van der Waals surface area contributed by atoms with E-state index in [1.165, 1.54) is 51.4 Å². The molecule has 0 unspecified atom stereocenters. The van der Waals surface area contributed by atoms with Gasteiger partial charge in [-0.3, -0.25) is 0 Å². The van der Waals surface area contributed by atoms with E-state index in [-0.39, 0.29) is 11.5 Å². The molecule has 0 radical (unpaired) electrons. The molecule has 1 N–H and O–H groups in total. The number of allylic oxidation sites excluding steroid dienone is 2. The van der Waals surface area contributed by atoms with E-state index in [4.69, 9.17) is 0 Å². The van der Waals surface area contributed by atoms with Gasteiger partial charge < -0.3 is 5.11 Å². The average molecular weight is 427 g/mol. The van der Waals surface area contributed by atoms with E-state index in [1.807, 2.05) is 5.57 Å². The van der Waals surface area contributed by atoms with Gasteiger partial charge in [0.2, 0.25) is 0 Å². The Morgan fingerprint density at radius 3 is 2.23 bits per heavy atom. The Kier molecular flexibility index (Phi) is 4.82. The van der Waals surface area contributed by atoms with Crippen molar-refractivity contribution in [1.82, 2.24) is 0 Å². The van der Waals surface area contributed by atoms with Crippen LogP contribution in [-0.4, -0.2) is 11.2 Å². The Bertz CT molecular complexity index is 779. The highest BCUT2D eigenvalue weighted by Crippen LogP contribution is 2.75. The highest BCUT2D eigenvalue weighted by molar-refractivity contribution is 5.33. The van der Waals surface area contributed by atoms with Crippen LogP contribution in [0.15, 0.2) is 11.6 Å². The highest BCUT2D eigenvalue weighted by Gasteiger charge is 2.67. The van der Waals surface area contributed by atoms with Crippen LogP contribution in [0.2, 0.25) is 0 Å². The van der Waals surface area contributed by atoms with Gasteiger partial charge in [0.25, 0.3) is 0 Å². The van der Waals surface area contributed by atoms with Crippen LogP contribution in [0.5, 0.6) is 0 Å². The van der Waals surface area contributed by atoms with Gasteiger partial charge in [-0.05, 0) is 114 Å². The third-order valence-electron chi connectivity index (χ3n) is 13.4. The van der Waals surface area contributed by atoms with Crippen molar-refractivity contribution in [3.05, 3.63) is 11.6 Å². The fourth-order valence-electron chi connectivity index (χ4n) is 10.8. The van der Waals surface area contributed by atoms with E-state index in [9.17, 15) is 5.11 Å². The van der Waals surface area contributed by atoms with Gasteiger partial charge in [-0.25, -0.2) is 0 Å². The van der Waals surface area contributed by atoms with Gasteiger partial charge in [0, 0.05) is 0 Å². The van der Waals surface area contributed by atoms with Crippen molar-refractivity contribution in [3.63, 3.8) is 0 Å². The predicted molar refractivity (Wildman–Crippen MR) is 131 cm³/mol. The summed E-state index contributed by atoms with van der Waals surface area (Å²) in [5.74, 6) is 3.90. The molecule has 5 aliphatic carbocycles. The van der Waals surface area contributed by atoms with Gasteiger partial charge in [-0.1, -0.05) is 67.0 Å². The maximum atomic E-state index is 10.9. The minimum Gasteiger partial charge on any atom is -0.393 e. The smallest absolute Gasteiger partial charge is 0.0594 e. The minimum absolute atomic E-state index is 0.0533. The zero-order chi connectivity index (χ0) is 22.6. The number of hydrogen-bond donors (Lipinski definition) is 1. The Labute approximate surface area is 192 Å². The molecular formula is C30H50O. The Morgan fingerprint density at radius 2 is 1.52 bits per heavy atom. The van der Waals surface area contributed by atoms with Crippen molar-refractivity contribution >= 4 is 0 Å². The maximum absolute atomic E-state index is 10.9. The highest BCUT2D eigenvalue weighted by atomic mass is 16.3. The van der Waals surface area contributed by atoms with Crippen molar-refractivity contribution in [2.24, 2.45) is 56.7 Å². The standard InChI is InChI=1S/C30H50O/c1-19-11-14-27(5)17-18-29(7)21(25(27)20(19)2)9-10-23-28(6)15-13-24(31)26(3,4)22(28)12-16-30(23,29)8/h9,19-20,22-25,31H,10-18H2,1-8H3/t19-,20+,22+,23-,24-,25+,27-,28+,29-,30-/m1/s1. The molecule has 0 aromatic rings. The van der Waals surface area contributed by atoms with E-state index >= 15 is 0 Å². The first kappa shape index (κ1) is 22.5. The van der Waals surface area contributed by atoms with Crippen LogP contribution in [0.4, 0.5) is 0 Å². The molecule has 10 atom stereocenters. The molecule has 0 aliphatic heterocycles. The summed E-state index contributed by atoms with van der Waals surface area (Å²) in [7, 11) is 0. The first-order valence-electron chi connectivity index (χ1n) is 13.7. The molecule has 1 heteroatoms. The van der Waals surface area contributed by atoms with Crippen LogP contribution >= 0.6 is 0 Å². The number of aliphatic hydroxyl groups excluding tert-OH is 1. The van der Waals surface area contributed by atoms with Crippen LogP contribution < -0.4 is 0 Å². The molecule has 176 valence electrons. The third-order valence-corrected chi connectivity index (χ3v) is 13.4. The SMILES string of the molecule is C[C@H]1[C@H](C)CC[C@]2(C)CC[C@]3(C)C(=CC[C@@H]4[C@@]5(C)CC[C@@H](O)C(C)(C)[C@@H]5CC[C@]43C)[C@H]12. The van der Waals surface area contributed by atoms with Crippen molar-refractivity contribution in [3.8, 4) is 0 Å². The molecular weight excluding hydrogens is 376 g/mol. The molecule has 0 heterocycles. The van der Waals surface area contributed by atoms with Crippen LogP contribution in [0.3, 0.4) is 0 Å². The second kappa shape index (κ2) is 6.64. The average Bonchev–Trinajstić information content (AvgIpc) is 2.69. The molecule has 0 aromatic carbocycles. The van der Waals surface area contributed by atoms with Gasteiger partial charge in [-0.2, -0.15) is 0 Å². The second-order valence-electron chi connectivity index (χ2n) is 14.7. The number of aliphatic hydroxyl groups is 1. The van der Waals surface area contributed by atoms with Crippen molar-refractivity contribution < 1.29 is 5.11 Å². The van der Waals surface area contributed by atoms with Gasteiger partial charge in [-0.15, -0.1) is 0 Å². The summed E-state index contributed by atoms with van der Waals surface area (Å²) in [6.07, 6.45) is 14.5. The molecule has 4 saturated carbocycles. The lowest BCUT2D eigenvalue weighted by atomic mass is 9.33. The normalized spacial score (nSPS) is 58.3. The maximum Gasteiger partial charge on any atom is 0.0594 e. The zero-order valence-corrected chi connectivity index (χ0v) is 21.9. The summed E-state index contributed by atoms with van der Waals surface area (Å²) in [4.78, 5) is 0. The molecule has 4 fully saturated rings. The van der Waals surface area contributed by atoms with Crippen molar-refractivity contribution in [2.45, 2.75) is 119 Å². The van der Waals surface area contributed by atoms with Crippen LogP contribution in [-0.2, 0) is 0 Å². The predicted octanol–water partition coefficient (Wildman–Crippen LogP) is 8.02. The number of hydrogen-bond acceptors (Lipinski definition) is 1.